The van der Waals surface area contributed by atoms with Crippen molar-refractivity contribution in [1.82, 2.24) is 24.7 Å². The van der Waals surface area contributed by atoms with Gasteiger partial charge in [0.15, 0.2) is 17.0 Å². The molecule has 3 aromatic heterocycles. The Morgan fingerprint density at radius 3 is 2.79 bits per heavy atom. The number of aromatic nitrogens is 5. The second-order valence-corrected chi connectivity index (χ2v) is 6.98. The lowest BCUT2D eigenvalue weighted by Crippen LogP contribution is -2.19. The van der Waals surface area contributed by atoms with Crippen LogP contribution in [-0.2, 0) is 17.7 Å². The third kappa shape index (κ3) is 3.81. The van der Waals surface area contributed by atoms with E-state index in [0.717, 1.165) is 29.8 Å². The van der Waals surface area contributed by atoms with E-state index >= 15 is 0 Å². The van der Waals surface area contributed by atoms with E-state index in [1.807, 2.05) is 10.6 Å². The Morgan fingerprint density at radius 1 is 1.21 bits per heavy atom. The van der Waals surface area contributed by atoms with E-state index in [0.29, 0.717) is 47.5 Å². The molecule has 4 heterocycles. The minimum absolute atomic E-state index is 0.164. The second-order valence-electron chi connectivity index (χ2n) is 6.59. The Balaban J connectivity index is 1.71. The van der Waals surface area contributed by atoms with Crippen LogP contribution in [0.1, 0.15) is 12.0 Å². The first-order valence-corrected chi connectivity index (χ1v) is 9.61. The van der Waals surface area contributed by atoms with Crippen LogP contribution in [0, 0.1) is 4.77 Å². The van der Waals surface area contributed by atoms with Crippen LogP contribution >= 0.6 is 12.2 Å². The van der Waals surface area contributed by atoms with Crippen molar-refractivity contribution in [2.45, 2.75) is 19.4 Å². The van der Waals surface area contributed by atoms with Crippen molar-refractivity contribution in [3.63, 3.8) is 0 Å². The Kier molecular flexibility index (Phi) is 5.45. The molecule has 3 aromatic rings. The summed E-state index contributed by atoms with van der Waals surface area (Å²) in [6.45, 7) is 1.84. The standard InChI is InChI=1S/C19H21N5O4S/c1-26-6-3-7-28-15-8-11-4-5-24-10-12(17-21-19(29)23-22-17)14(25)9-13(24)16(11)20-18(15)27-2/h8-10H,3-7H2,1-2H3,(H2,21,22,23,29). The molecule has 152 valence electrons. The highest BCUT2D eigenvalue weighted by Crippen LogP contribution is 2.35. The number of ether oxygens (including phenoxy) is 3. The molecule has 0 saturated carbocycles. The fourth-order valence-corrected chi connectivity index (χ4v) is 3.49. The number of hydrogen-bond donors (Lipinski definition) is 2. The van der Waals surface area contributed by atoms with Gasteiger partial charge in [0, 0.05) is 38.9 Å². The number of nitrogens with zero attached hydrogens (tertiary/aromatic N) is 3. The van der Waals surface area contributed by atoms with Gasteiger partial charge in [0.25, 0.3) is 5.88 Å². The normalized spacial score (nSPS) is 12.3. The number of nitrogens with one attached hydrogen (secondary N) is 2. The molecule has 0 saturated heterocycles. The van der Waals surface area contributed by atoms with Gasteiger partial charge in [0.1, 0.15) is 0 Å². The Labute approximate surface area is 171 Å². The van der Waals surface area contributed by atoms with Crippen molar-refractivity contribution in [2.75, 3.05) is 27.4 Å². The molecular weight excluding hydrogens is 394 g/mol. The predicted molar refractivity (Wildman–Crippen MR) is 109 cm³/mol. The molecule has 4 rings (SSSR count). The van der Waals surface area contributed by atoms with Gasteiger partial charge < -0.3 is 18.8 Å². The van der Waals surface area contributed by atoms with Crippen molar-refractivity contribution in [1.29, 1.82) is 0 Å². The summed E-state index contributed by atoms with van der Waals surface area (Å²) in [4.78, 5) is 21.5. The molecule has 0 atom stereocenters. The number of methoxy groups -OCH3 is 2. The zero-order valence-corrected chi connectivity index (χ0v) is 17.0. The van der Waals surface area contributed by atoms with Gasteiger partial charge in [-0.25, -0.2) is 4.98 Å². The summed E-state index contributed by atoms with van der Waals surface area (Å²) < 4.78 is 18.6. The molecular formula is C19H21N5O4S. The minimum atomic E-state index is -0.164. The largest absolute Gasteiger partial charge is 0.488 e. The summed E-state index contributed by atoms with van der Waals surface area (Å²) in [7, 11) is 3.21. The zero-order valence-electron chi connectivity index (χ0n) is 16.2. The highest BCUT2D eigenvalue weighted by molar-refractivity contribution is 7.71. The highest BCUT2D eigenvalue weighted by atomic mass is 32.1. The molecule has 0 amide bonds. The number of rotatable bonds is 7. The summed E-state index contributed by atoms with van der Waals surface area (Å²) in [5.41, 5.74) is 2.75. The van der Waals surface area contributed by atoms with Gasteiger partial charge >= 0.3 is 0 Å². The fraction of sp³-hybridized carbons (Fsp3) is 0.368. The molecule has 1 aliphatic heterocycles. The smallest absolute Gasteiger partial charge is 0.257 e. The summed E-state index contributed by atoms with van der Waals surface area (Å²) >= 11 is 4.98. The van der Waals surface area contributed by atoms with Crippen LogP contribution in [0.5, 0.6) is 11.6 Å². The first-order chi connectivity index (χ1) is 14.1. The summed E-state index contributed by atoms with van der Waals surface area (Å²) in [5.74, 6) is 1.41. The van der Waals surface area contributed by atoms with Crippen LogP contribution in [0.2, 0.25) is 0 Å². The zero-order chi connectivity index (χ0) is 20.4. The van der Waals surface area contributed by atoms with Gasteiger partial charge in [-0.1, -0.05) is 0 Å². The van der Waals surface area contributed by atoms with Gasteiger partial charge in [-0.3, -0.25) is 15.0 Å². The van der Waals surface area contributed by atoms with Crippen molar-refractivity contribution >= 4 is 12.2 Å². The fourth-order valence-electron chi connectivity index (χ4n) is 3.34. The number of H-pyrrole nitrogens is 2. The lowest BCUT2D eigenvalue weighted by molar-refractivity contribution is 0.170. The van der Waals surface area contributed by atoms with Crippen molar-refractivity contribution < 1.29 is 14.2 Å². The SMILES string of the molecule is COCCCOc1cc2c(nc1OC)-c1cc(=O)c(-c3nc(=S)[nH][nH]3)cn1CC2. The number of hydrogen-bond acceptors (Lipinski definition) is 7. The highest BCUT2D eigenvalue weighted by Gasteiger charge is 2.23. The second kappa shape index (κ2) is 8.18. The van der Waals surface area contributed by atoms with Gasteiger partial charge in [-0.2, -0.15) is 4.98 Å². The van der Waals surface area contributed by atoms with Crippen LogP contribution in [0.3, 0.4) is 0 Å². The van der Waals surface area contributed by atoms with E-state index in [9.17, 15) is 4.79 Å². The predicted octanol–water partition coefficient (Wildman–Crippen LogP) is 2.34. The molecule has 0 bridgehead atoms. The van der Waals surface area contributed by atoms with Crippen LogP contribution < -0.4 is 14.9 Å². The van der Waals surface area contributed by atoms with Crippen molar-refractivity contribution in [3.05, 3.63) is 38.9 Å². The molecule has 0 spiro atoms. The van der Waals surface area contributed by atoms with Gasteiger partial charge in [0.2, 0.25) is 4.77 Å². The van der Waals surface area contributed by atoms with E-state index < -0.39 is 0 Å². The maximum atomic E-state index is 12.7. The molecule has 9 nitrogen and oxygen atoms in total. The van der Waals surface area contributed by atoms with Crippen molar-refractivity contribution in [2.24, 2.45) is 0 Å². The van der Waals surface area contributed by atoms with Crippen LogP contribution in [0.4, 0.5) is 0 Å². The first kappa shape index (κ1) is 19.3. The molecule has 0 fully saturated rings. The number of pyridine rings is 2. The first-order valence-electron chi connectivity index (χ1n) is 9.20. The third-order valence-electron chi connectivity index (χ3n) is 4.73. The van der Waals surface area contributed by atoms with E-state index in [4.69, 9.17) is 26.4 Å². The van der Waals surface area contributed by atoms with E-state index in [1.165, 1.54) is 0 Å². The minimum Gasteiger partial charge on any atom is -0.488 e. The maximum Gasteiger partial charge on any atom is 0.257 e. The summed E-state index contributed by atoms with van der Waals surface area (Å²) in [6, 6.07) is 3.52. The average Bonchev–Trinajstić information content (AvgIpc) is 3.16. The Hall–Kier alpha value is -2.98. The van der Waals surface area contributed by atoms with Gasteiger partial charge in [-0.15, -0.1) is 0 Å². The van der Waals surface area contributed by atoms with E-state index in [2.05, 4.69) is 20.2 Å². The summed E-state index contributed by atoms with van der Waals surface area (Å²) in [6.07, 6.45) is 3.31. The number of aromatic amines is 2. The number of aryl methyl sites for hydroxylation is 2. The molecule has 0 unspecified atom stereocenters. The maximum absolute atomic E-state index is 12.7. The lowest BCUT2D eigenvalue weighted by atomic mass is 10.0. The van der Waals surface area contributed by atoms with E-state index in [1.54, 1.807) is 26.5 Å². The average molecular weight is 415 g/mol. The molecule has 29 heavy (non-hydrogen) atoms. The van der Waals surface area contributed by atoms with Crippen LogP contribution in [-0.4, -0.2) is 52.2 Å². The topological polar surface area (TPSA) is 107 Å². The van der Waals surface area contributed by atoms with Gasteiger partial charge in [0.05, 0.1) is 30.7 Å². The van der Waals surface area contributed by atoms with Gasteiger partial charge in [-0.05, 0) is 30.3 Å². The van der Waals surface area contributed by atoms with Crippen LogP contribution in [0.25, 0.3) is 22.8 Å². The monoisotopic (exact) mass is 415 g/mol. The van der Waals surface area contributed by atoms with Crippen LogP contribution in [0.15, 0.2) is 23.1 Å². The quantitative estimate of drug-likeness (QED) is 0.450. The molecule has 0 aromatic carbocycles. The molecule has 0 aliphatic carbocycles. The molecule has 2 N–H and O–H groups in total. The van der Waals surface area contributed by atoms with E-state index in [-0.39, 0.29) is 5.43 Å². The summed E-state index contributed by atoms with van der Waals surface area (Å²) in [5, 5.41) is 5.54. The lowest BCUT2D eigenvalue weighted by Gasteiger charge is -2.23. The van der Waals surface area contributed by atoms with Crippen molar-refractivity contribution in [3.8, 4) is 34.4 Å². The molecule has 10 heteroatoms. The Morgan fingerprint density at radius 2 is 2.07 bits per heavy atom. The third-order valence-corrected chi connectivity index (χ3v) is 4.92. The Bertz CT molecular complexity index is 1150. The molecule has 1 aliphatic rings. The number of fused-ring (bicyclic) bond motifs is 3. The molecule has 0 radical (unpaired) electrons.